The van der Waals surface area contributed by atoms with E-state index in [0.717, 1.165) is 31.4 Å². The van der Waals surface area contributed by atoms with Gasteiger partial charge in [0.15, 0.2) is 5.16 Å². The number of thiophene rings is 1. The van der Waals surface area contributed by atoms with Crippen LogP contribution in [0.3, 0.4) is 0 Å². The summed E-state index contributed by atoms with van der Waals surface area (Å²) in [5.41, 5.74) is 7.86. The number of rotatable bonds is 5. The van der Waals surface area contributed by atoms with Gasteiger partial charge < -0.3 is 5.73 Å². The van der Waals surface area contributed by atoms with Gasteiger partial charge in [0.05, 0.1) is 5.39 Å². The third-order valence-corrected chi connectivity index (χ3v) is 6.45. The van der Waals surface area contributed by atoms with Gasteiger partial charge in [-0.1, -0.05) is 23.9 Å². The largest absolute Gasteiger partial charge is 0.366 e. The molecule has 0 saturated carbocycles. The summed E-state index contributed by atoms with van der Waals surface area (Å²) in [5, 5.41) is 1.45. The molecule has 2 aromatic heterocycles. The van der Waals surface area contributed by atoms with Crippen molar-refractivity contribution in [3.05, 3.63) is 56.2 Å². The van der Waals surface area contributed by atoms with E-state index in [2.05, 4.69) is 0 Å². The zero-order valence-electron chi connectivity index (χ0n) is 15.2. The van der Waals surface area contributed by atoms with Crippen LogP contribution in [-0.2, 0) is 5.75 Å². The van der Waals surface area contributed by atoms with Crippen LogP contribution in [-0.4, -0.2) is 15.5 Å². The van der Waals surface area contributed by atoms with E-state index in [0.29, 0.717) is 11.3 Å². The maximum atomic E-state index is 13.0. The van der Waals surface area contributed by atoms with Crippen LogP contribution in [0.1, 0.15) is 46.3 Å². The Kier molecular flexibility index (Phi) is 5.20. The highest BCUT2D eigenvalue weighted by atomic mass is 32.2. The zero-order valence-corrected chi connectivity index (χ0v) is 16.8. The number of hydrogen-bond acceptors (Lipinski definition) is 5. The Bertz CT molecular complexity index is 1030. The molecule has 2 heterocycles. The summed E-state index contributed by atoms with van der Waals surface area (Å²) in [6, 6.07) is 7.22. The molecule has 0 unspecified atom stereocenters. The number of amides is 1. The molecule has 5 nitrogen and oxygen atoms in total. The molecule has 0 radical (unpaired) electrons. The van der Waals surface area contributed by atoms with Gasteiger partial charge in [-0.15, -0.1) is 11.3 Å². The average molecular weight is 388 g/mol. The van der Waals surface area contributed by atoms with Gasteiger partial charge in [0.2, 0.25) is 5.91 Å². The number of thioether (sulfide) groups is 1. The number of carbonyl (C=O) groups is 1. The number of fused-ring (bicyclic) bond motifs is 1. The Hall–Kier alpha value is -2.12. The number of aryl methyl sites for hydroxylation is 2. The van der Waals surface area contributed by atoms with Crippen molar-refractivity contribution in [2.45, 2.75) is 44.6 Å². The minimum atomic E-state index is -0.437. The highest BCUT2D eigenvalue weighted by Gasteiger charge is 2.18. The van der Waals surface area contributed by atoms with Gasteiger partial charge in [0.25, 0.3) is 5.56 Å². The molecule has 0 aliphatic rings. The Balaban J connectivity index is 1.97. The highest BCUT2D eigenvalue weighted by molar-refractivity contribution is 7.98. The van der Waals surface area contributed by atoms with Crippen LogP contribution in [0, 0.1) is 13.8 Å². The fourth-order valence-corrected chi connectivity index (χ4v) is 4.91. The topological polar surface area (TPSA) is 78.0 Å². The van der Waals surface area contributed by atoms with E-state index in [1.807, 2.05) is 39.8 Å². The van der Waals surface area contributed by atoms with Crippen molar-refractivity contribution in [3.8, 4) is 0 Å². The summed E-state index contributed by atoms with van der Waals surface area (Å²) in [7, 11) is 0. The molecule has 26 heavy (non-hydrogen) atoms. The third kappa shape index (κ3) is 3.41. The van der Waals surface area contributed by atoms with Gasteiger partial charge >= 0.3 is 0 Å². The minimum Gasteiger partial charge on any atom is -0.366 e. The summed E-state index contributed by atoms with van der Waals surface area (Å²) < 4.78 is 1.77. The summed E-state index contributed by atoms with van der Waals surface area (Å²) in [6.45, 7) is 7.99. The predicted molar refractivity (Wildman–Crippen MR) is 108 cm³/mol. The maximum absolute atomic E-state index is 13.0. The lowest BCUT2D eigenvalue weighted by Crippen LogP contribution is -2.24. The molecule has 0 fully saturated rings. The number of carbonyl (C=O) groups excluding carboxylic acids is 1. The average Bonchev–Trinajstić information content (AvgIpc) is 2.87. The van der Waals surface area contributed by atoms with E-state index in [-0.39, 0.29) is 11.6 Å². The normalized spacial score (nSPS) is 11.4. The molecule has 2 N–H and O–H groups in total. The molecular weight excluding hydrogens is 366 g/mol. The van der Waals surface area contributed by atoms with Crippen LogP contribution < -0.4 is 11.3 Å². The molecule has 3 aromatic rings. The van der Waals surface area contributed by atoms with Crippen LogP contribution in [0.15, 0.2) is 34.2 Å². The Morgan fingerprint density at radius 3 is 2.50 bits per heavy atom. The van der Waals surface area contributed by atoms with E-state index in [1.54, 1.807) is 28.0 Å². The first-order valence-electron chi connectivity index (χ1n) is 8.33. The lowest BCUT2D eigenvalue weighted by molar-refractivity contribution is 0.100. The van der Waals surface area contributed by atoms with Crippen LogP contribution in [0.25, 0.3) is 10.2 Å². The lowest BCUT2D eigenvalue weighted by atomic mass is 10.1. The second-order valence-corrected chi connectivity index (χ2v) is 8.62. The molecule has 1 amide bonds. The fourth-order valence-electron chi connectivity index (χ4n) is 2.76. The van der Waals surface area contributed by atoms with Crippen molar-refractivity contribution in [2.24, 2.45) is 5.73 Å². The second kappa shape index (κ2) is 7.25. The van der Waals surface area contributed by atoms with Crippen LogP contribution in [0.5, 0.6) is 0 Å². The molecule has 136 valence electrons. The van der Waals surface area contributed by atoms with E-state index in [1.165, 1.54) is 11.8 Å². The van der Waals surface area contributed by atoms with Crippen molar-refractivity contribution in [1.29, 1.82) is 0 Å². The van der Waals surface area contributed by atoms with E-state index in [4.69, 9.17) is 10.7 Å². The first kappa shape index (κ1) is 18.7. The van der Waals surface area contributed by atoms with E-state index < -0.39 is 5.91 Å². The first-order chi connectivity index (χ1) is 12.3. The van der Waals surface area contributed by atoms with Crippen LogP contribution in [0.2, 0.25) is 0 Å². The van der Waals surface area contributed by atoms with Gasteiger partial charge in [0.1, 0.15) is 4.83 Å². The predicted octanol–water partition coefficient (Wildman–Crippen LogP) is 4.05. The number of aromatic nitrogens is 2. The van der Waals surface area contributed by atoms with Gasteiger partial charge in [-0.3, -0.25) is 14.2 Å². The van der Waals surface area contributed by atoms with E-state index in [9.17, 15) is 9.59 Å². The molecule has 0 bridgehead atoms. The van der Waals surface area contributed by atoms with Crippen molar-refractivity contribution >= 4 is 39.2 Å². The summed E-state index contributed by atoms with van der Waals surface area (Å²) in [4.78, 5) is 30.9. The molecule has 7 heteroatoms. The first-order valence-corrected chi connectivity index (χ1v) is 10.1. The van der Waals surface area contributed by atoms with Crippen molar-refractivity contribution < 1.29 is 4.79 Å². The monoisotopic (exact) mass is 387 g/mol. The fraction of sp³-hybridized carbons (Fsp3) is 0.316. The van der Waals surface area contributed by atoms with Gasteiger partial charge in [-0.05, 0) is 51.0 Å². The molecular formula is C19H21N3O2S2. The van der Waals surface area contributed by atoms with Crippen molar-refractivity contribution in [3.63, 3.8) is 0 Å². The summed E-state index contributed by atoms with van der Waals surface area (Å²) >= 11 is 3.09. The second-order valence-electron chi connectivity index (χ2n) is 6.48. The van der Waals surface area contributed by atoms with Crippen molar-refractivity contribution in [2.75, 3.05) is 0 Å². The molecule has 3 rings (SSSR count). The third-order valence-electron chi connectivity index (χ3n) is 4.33. The SMILES string of the molecule is Cc1sc2nc(SCc3ccc(C(N)=O)cc3)n(C(C)C)c(=O)c2c1C. The number of nitrogens with zero attached hydrogens (tertiary/aromatic N) is 2. The standard InChI is InChI=1S/C19H21N3O2S2/c1-10(2)22-18(24)15-11(3)12(4)26-17(15)21-19(22)25-9-13-5-7-14(8-6-13)16(20)23/h5-8,10H,9H2,1-4H3,(H2,20,23). The number of nitrogens with two attached hydrogens (primary N) is 1. The Labute approximate surface area is 160 Å². The smallest absolute Gasteiger partial charge is 0.263 e. The number of primary amides is 1. The van der Waals surface area contributed by atoms with Crippen molar-refractivity contribution in [1.82, 2.24) is 9.55 Å². The van der Waals surface area contributed by atoms with Crippen LogP contribution in [0.4, 0.5) is 0 Å². The molecule has 1 aromatic carbocycles. The molecule has 0 aliphatic heterocycles. The van der Waals surface area contributed by atoms with Gasteiger partial charge in [-0.25, -0.2) is 4.98 Å². The molecule has 0 aliphatic carbocycles. The lowest BCUT2D eigenvalue weighted by Gasteiger charge is -2.15. The number of benzene rings is 1. The molecule has 0 saturated heterocycles. The minimum absolute atomic E-state index is 0.0263. The zero-order chi connectivity index (χ0) is 19.0. The quantitative estimate of drug-likeness (QED) is 0.529. The van der Waals surface area contributed by atoms with Gasteiger partial charge in [0, 0.05) is 22.2 Å². The number of hydrogen-bond donors (Lipinski definition) is 1. The Morgan fingerprint density at radius 2 is 1.92 bits per heavy atom. The Morgan fingerprint density at radius 1 is 1.27 bits per heavy atom. The highest BCUT2D eigenvalue weighted by Crippen LogP contribution is 2.30. The van der Waals surface area contributed by atoms with Gasteiger partial charge in [-0.2, -0.15) is 0 Å². The molecule has 0 atom stereocenters. The maximum Gasteiger partial charge on any atom is 0.263 e. The van der Waals surface area contributed by atoms with Crippen LogP contribution >= 0.6 is 23.1 Å². The summed E-state index contributed by atoms with van der Waals surface area (Å²) in [6.07, 6.45) is 0. The summed E-state index contributed by atoms with van der Waals surface area (Å²) in [5.74, 6) is 0.223. The van der Waals surface area contributed by atoms with E-state index >= 15 is 0 Å². The molecule has 0 spiro atoms.